The zero-order chi connectivity index (χ0) is 19.0. The van der Waals surface area contributed by atoms with Crippen molar-refractivity contribution >= 4 is 5.91 Å². The average Bonchev–Trinajstić information content (AvgIpc) is 2.53. The number of nitrogens with one attached hydrogen (secondary N) is 1. The summed E-state index contributed by atoms with van der Waals surface area (Å²) in [4.78, 5) is 16.9. The van der Waals surface area contributed by atoms with Gasteiger partial charge in [-0.05, 0) is 31.0 Å². The second-order valence-electron chi connectivity index (χ2n) is 7.22. The van der Waals surface area contributed by atoms with Crippen LogP contribution >= 0.6 is 0 Å². The molecule has 0 aromatic carbocycles. The largest absolute Gasteiger partial charge is 0.356 e. The van der Waals surface area contributed by atoms with Crippen molar-refractivity contribution in [1.82, 2.24) is 5.32 Å². The smallest absolute Gasteiger partial charge is 0.219 e. The number of hydrogen-bond donors (Lipinski definition) is 2. The molecule has 25 heavy (non-hydrogen) atoms. The minimum Gasteiger partial charge on any atom is -0.356 e. The average molecular weight is 358 g/mol. The maximum atomic E-state index is 11.8. The number of rotatable bonds is 17. The van der Waals surface area contributed by atoms with Gasteiger partial charge in [0, 0.05) is 25.3 Å². The Balaban J connectivity index is 3.66. The van der Waals surface area contributed by atoms with E-state index in [1.165, 1.54) is 25.7 Å². The van der Waals surface area contributed by atoms with Crippen LogP contribution in [-0.2, 0) is 9.63 Å². The van der Waals surface area contributed by atoms with Crippen molar-refractivity contribution in [2.45, 2.75) is 78.6 Å². The van der Waals surface area contributed by atoms with Crippen molar-refractivity contribution in [3.8, 4) is 0 Å². The monoisotopic (exact) mass is 357 g/mol. The van der Waals surface area contributed by atoms with Crippen LogP contribution in [0.5, 0.6) is 0 Å². The number of quaternary nitrogens is 1. The molecule has 1 atom stereocenters. The van der Waals surface area contributed by atoms with Crippen LogP contribution in [0.4, 0.5) is 0 Å². The van der Waals surface area contributed by atoms with Gasteiger partial charge in [-0.25, -0.2) is 0 Å². The topological polar surface area (TPSA) is 58.6 Å². The highest BCUT2D eigenvalue weighted by Crippen LogP contribution is 2.11. The van der Waals surface area contributed by atoms with Gasteiger partial charge in [0.15, 0.2) is 0 Å². The Morgan fingerprint density at radius 1 is 1.16 bits per heavy atom. The standard InChI is InChI=1S/C20H40N2O3/c1-5-7-8-9-10-11-12-13-15-20(23)21-16-14-17-22(24,25-6-2)18-19(3)4/h5,19,24H,1,6-18H2,2-4H3/p+1. The lowest BCUT2D eigenvalue weighted by molar-refractivity contribution is -1.25. The van der Waals surface area contributed by atoms with Crippen LogP contribution in [0, 0.1) is 5.92 Å². The Bertz CT molecular complexity index is 348. The molecule has 5 heteroatoms. The molecule has 0 radical (unpaired) electrons. The highest BCUT2D eigenvalue weighted by atomic mass is 16.9. The Labute approximate surface area is 154 Å². The van der Waals surface area contributed by atoms with Crippen molar-refractivity contribution in [2.24, 2.45) is 5.92 Å². The van der Waals surface area contributed by atoms with Crippen LogP contribution in [0.1, 0.15) is 78.6 Å². The Hall–Kier alpha value is -0.910. The van der Waals surface area contributed by atoms with Crippen LogP contribution < -0.4 is 5.32 Å². The van der Waals surface area contributed by atoms with Gasteiger partial charge in [0.1, 0.15) is 19.7 Å². The molecule has 0 heterocycles. The van der Waals surface area contributed by atoms with Crippen molar-refractivity contribution < 1.29 is 19.6 Å². The van der Waals surface area contributed by atoms with E-state index in [4.69, 9.17) is 4.84 Å². The molecule has 0 spiro atoms. The summed E-state index contributed by atoms with van der Waals surface area (Å²) in [6.07, 6.45) is 11.4. The molecule has 0 aromatic heterocycles. The molecule has 0 aliphatic heterocycles. The van der Waals surface area contributed by atoms with E-state index < -0.39 is 0 Å². The number of allylic oxidation sites excluding steroid dienone is 1. The van der Waals surface area contributed by atoms with Gasteiger partial charge in [-0.15, -0.1) is 6.58 Å². The molecule has 0 bridgehead atoms. The third-order valence-corrected chi connectivity index (χ3v) is 4.09. The van der Waals surface area contributed by atoms with Gasteiger partial charge in [-0.1, -0.05) is 45.6 Å². The first kappa shape index (κ1) is 24.1. The van der Waals surface area contributed by atoms with Gasteiger partial charge in [0.2, 0.25) is 5.91 Å². The molecule has 0 saturated carbocycles. The maximum Gasteiger partial charge on any atom is 0.219 e. The molecule has 0 rings (SSSR count). The SMILES string of the molecule is C=CCCCCCCCCC(=O)NCCC[N+](O)(CC(C)C)OCC. The quantitative estimate of drug-likeness (QED) is 0.173. The summed E-state index contributed by atoms with van der Waals surface area (Å²) in [6.45, 7) is 11.9. The number of unbranched alkanes of at least 4 members (excludes halogenated alkanes) is 6. The summed E-state index contributed by atoms with van der Waals surface area (Å²) in [5.74, 6) is 0.464. The zero-order valence-corrected chi connectivity index (χ0v) is 16.8. The molecule has 1 amide bonds. The number of carbonyl (C=O) groups is 1. The van der Waals surface area contributed by atoms with Gasteiger partial charge in [0.25, 0.3) is 0 Å². The van der Waals surface area contributed by atoms with Gasteiger partial charge in [0.05, 0.1) is 0 Å². The molecule has 0 aliphatic rings. The Kier molecular flexibility index (Phi) is 14.8. The van der Waals surface area contributed by atoms with Crippen molar-refractivity contribution in [1.29, 1.82) is 0 Å². The molecule has 2 N–H and O–H groups in total. The van der Waals surface area contributed by atoms with Crippen LogP contribution in [0.3, 0.4) is 0 Å². The van der Waals surface area contributed by atoms with E-state index in [9.17, 15) is 10.0 Å². The summed E-state index contributed by atoms with van der Waals surface area (Å²) in [6, 6.07) is 0. The van der Waals surface area contributed by atoms with Crippen LogP contribution in [0.25, 0.3) is 0 Å². The summed E-state index contributed by atoms with van der Waals surface area (Å²) in [5.41, 5.74) is 0. The lowest BCUT2D eigenvalue weighted by Gasteiger charge is -2.28. The summed E-state index contributed by atoms with van der Waals surface area (Å²) in [7, 11) is 0. The van der Waals surface area contributed by atoms with E-state index in [1.54, 1.807) is 0 Å². The normalized spacial score (nSPS) is 13.6. The molecule has 0 aliphatic carbocycles. The van der Waals surface area contributed by atoms with Crippen LogP contribution in [0.2, 0.25) is 0 Å². The fraction of sp³-hybridized carbons (Fsp3) is 0.850. The fourth-order valence-electron chi connectivity index (χ4n) is 2.94. The van der Waals surface area contributed by atoms with E-state index >= 15 is 0 Å². The summed E-state index contributed by atoms with van der Waals surface area (Å²) in [5, 5.41) is 13.4. The van der Waals surface area contributed by atoms with Gasteiger partial charge < -0.3 is 5.32 Å². The molecular weight excluding hydrogens is 316 g/mol. The minimum absolute atomic E-state index is 0.114. The minimum atomic E-state index is -0.365. The lowest BCUT2D eigenvalue weighted by atomic mass is 10.1. The van der Waals surface area contributed by atoms with E-state index in [-0.39, 0.29) is 10.7 Å². The number of hydroxylamine groups is 4. The highest BCUT2D eigenvalue weighted by Gasteiger charge is 2.28. The van der Waals surface area contributed by atoms with E-state index in [1.807, 2.05) is 13.0 Å². The predicted molar refractivity (Wildman–Crippen MR) is 103 cm³/mol. The maximum absolute atomic E-state index is 11.8. The lowest BCUT2D eigenvalue weighted by Crippen LogP contribution is -2.48. The molecule has 5 nitrogen and oxygen atoms in total. The predicted octanol–water partition coefficient (Wildman–Crippen LogP) is 4.61. The first-order valence-electron chi connectivity index (χ1n) is 10.1. The molecule has 0 saturated heterocycles. The zero-order valence-electron chi connectivity index (χ0n) is 16.8. The first-order chi connectivity index (χ1) is 11.9. The third kappa shape index (κ3) is 15.1. The summed E-state index contributed by atoms with van der Waals surface area (Å²) < 4.78 is 0. The fourth-order valence-corrected chi connectivity index (χ4v) is 2.94. The van der Waals surface area contributed by atoms with Crippen molar-refractivity contribution in [3.05, 3.63) is 12.7 Å². The van der Waals surface area contributed by atoms with E-state index in [0.29, 0.717) is 45.0 Å². The van der Waals surface area contributed by atoms with Crippen LogP contribution in [-0.4, -0.2) is 42.2 Å². The third-order valence-electron chi connectivity index (χ3n) is 4.09. The second-order valence-corrected chi connectivity index (χ2v) is 7.22. The molecular formula is C20H41N2O3+. The molecule has 1 unspecified atom stereocenters. The van der Waals surface area contributed by atoms with Gasteiger partial charge in [-0.2, -0.15) is 10.0 Å². The van der Waals surface area contributed by atoms with E-state index in [0.717, 1.165) is 19.3 Å². The summed E-state index contributed by atoms with van der Waals surface area (Å²) >= 11 is 0. The van der Waals surface area contributed by atoms with Crippen LogP contribution in [0.15, 0.2) is 12.7 Å². The number of hydrogen-bond acceptors (Lipinski definition) is 3. The second kappa shape index (κ2) is 15.4. The van der Waals surface area contributed by atoms with E-state index in [2.05, 4.69) is 25.7 Å². The highest BCUT2D eigenvalue weighted by molar-refractivity contribution is 5.75. The Morgan fingerprint density at radius 3 is 2.40 bits per heavy atom. The molecule has 0 fully saturated rings. The first-order valence-corrected chi connectivity index (χ1v) is 10.1. The van der Waals surface area contributed by atoms with Crippen molar-refractivity contribution in [3.63, 3.8) is 0 Å². The number of nitrogens with zero attached hydrogens (tertiary/aromatic N) is 1. The van der Waals surface area contributed by atoms with Gasteiger partial charge >= 0.3 is 0 Å². The van der Waals surface area contributed by atoms with Crippen molar-refractivity contribution in [2.75, 3.05) is 26.2 Å². The van der Waals surface area contributed by atoms with Gasteiger partial charge in [-0.3, -0.25) is 4.79 Å². The molecule has 0 aromatic rings. The number of amides is 1. The number of carbonyl (C=O) groups excluding carboxylic acids is 1. The molecule has 148 valence electrons. The Morgan fingerprint density at radius 2 is 1.80 bits per heavy atom.